The van der Waals surface area contributed by atoms with E-state index in [0.717, 1.165) is 0 Å². The SMILES string of the molecule is CC(NC(=O)c1nn[nH]n1)C(=O)O. The number of aromatic amines is 1. The lowest BCUT2D eigenvalue weighted by Gasteiger charge is -2.05. The standard InChI is InChI=1S/C5H7N5O3/c1-2(5(12)13)6-4(11)3-7-9-10-8-3/h2H,1H3,(H,6,11)(H,12,13)(H,7,8,9,10). The molecule has 8 nitrogen and oxygen atoms in total. The van der Waals surface area contributed by atoms with E-state index in [4.69, 9.17) is 5.11 Å². The van der Waals surface area contributed by atoms with Gasteiger partial charge in [0.25, 0.3) is 11.7 Å². The number of rotatable bonds is 3. The summed E-state index contributed by atoms with van der Waals surface area (Å²) in [7, 11) is 0. The van der Waals surface area contributed by atoms with Crippen LogP contribution < -0.4 is 5.32 Å². The van der Waals surface area contributed by atoms with Gasteiger partial charge in [-0.1, -0.05) is 0 Å². The van der Waals surface area contributed by atoms with Crippen molar-refractivity contribution in [2.75, 3.05) is 0 Å². The van der Waals surface area contributed by atoms with Gasteiger partial charge in [-0.3, -0.25) is 9.59 Å². The van der Waals surface area contributed by atoms with Gasteiger partial charge in [-0.25, -0.2) is 0 Å². The Hall–Kier alpha value is -1.99. The quantitative estimate of drug-likeness (QED) is 0.521. The van der Waals surface area contributed by atoms with Crippen LogP contribution in [-0.4, -0.2) is 43.6 Å². The lowest BCUT2D eigenvalue weighted by atomic mass is 10.3. The largest absolute Gasteiger partial charge is 0.480 e. The van der Waals surface area contributed by atoms with Gasteiger partial charge in [-0.05, 0) is 12.1 Å². The van der Waals surface area contributed by atoms with E-state index in [1.807, 2.05) is 0 Å². The number of hydrogen-bond donors (Lipinski definition) is 3. The highest BCUT2D eigenvalue weighted by molar-refractivity contribution is 5.92. The highest BCUT2D eigenvalue weighted by atomic mass is 16.4. The molecule has 1 amide bonds. The van der Waals surface area contributed by atoms with Crippen molar-refractivity contribution in [3.05, 3.63) is 5.82 Å². The van der Waals surface area contributed by atoms with E-state index in [-0.39, 0.29) is 5.82 Å². The number of aliphatic carboxylic acids is 1. The fourth-order valence-corrected chi connectivity index (χ4v) is 0.581. The van der Waals surface area contributed by atoms with Gasteiger partial charge in [-0.15, -0.1) is 10.2 Å². The van der Waals surface area contributed by atoms with Crippen molar-refractivity contribution >= 4 is 11.9 Å². The summed E-state index contributed by atoms with van der Waals surface area (Å²) in [6.45, 7) is 1.33. The monoisotopic (exact) mass is 185 g/mol. The molecule has 0 radical (unpaired) electrons. The number of nitrogens with one attached hydrogen (secondary N) is 2. The molecule has 0 aliphatic rings. The first-order chi connectivity index (χ1) is 6.11. The molecule has 8 heteroatoms. The fraction of sp³-hybridized carbons (Fsp3) is 0.400. The van der Waals surface area contributed by atoms with E-state index >= 15 is 0 Å². The summed E-state index contributed by atoms with van der Waals surface area (Å²) in [5.74, 6) is -1.99. The first-order valence-corrected chi connectivity index (χ1v) is 3.38. The molecular weight excluding hydrogens is 178 g/mol. The van der Waals surface area contributed by atoms with E-state index in [9.17, 15) is 9.59 Å². The highest BCUT2D eigenvalue weighted by Crippen LogP contribution is 1.87. The maximum atomic E-state index is 11.1. The Kier molecular flexibility index (Phi) is 2.52. The topological polar surface area (TPSA) is 121 Å². The summed E-state index contributed by atoms with van der Waals surface area (Å²) in [5.41, 5.74) is 0. The minimum absolute atomic E-state index is 0.187. The lowest BCUT2D eigenvalue weighted by Crippen LogP contribution is -2.38. The molecule has 0 fully saturated rings. The van der Waals surface area contributed by atoms with Crippen molar-refractivity contribution in [2.24, 2.45) is 0 Å². The number of carbonyl (C=O) groups excluding carboxylic acids is 1. The maximum absolute atomic E-state index is 11.1. The predicted molar refractivity (Wildman–Crippen MR) is 38.7 cm³/mol. The van der Waals surface area contributed by atoms with E-state index < -0.39 is 17.9 Å². The highest BCUT2D eigenvalue weighted by Gasteiger charge is 2.17. The molecule has 1 aromatic rings. The smallest absolute Gasteiger partial charge is 0.325 e. The van der Waals surface area contributed by atoms with E-state index in [1.54, 1.807) is 0 Å². The second-order valence-corrected chi connectivity index (χ2v) is 2.27. The van der Waals surface area contributed by atoms with Crippen molar-refractivity contribution in [3.63, 3.8) is 0 Å². The molecule has 3 N–H and O–H groups in total. The van der Waals surface area contributed by atoms with Crippen molar-refractivity contribution in [1.82, 2.24) is 25.9 Å². The zero-order chi connectivity index (χ0) is 9.84. The van der Waals surface area contributed by atoms with E-state index in [1.165, 1.54) is 6.92 Å². The number of aromatic nitrogens is 4. The van der Waals surface area contributed by atoms with Crippen LogP contribution in [0, 0.1) is 0 Å². The molecule has 1 heterocycles. The van der Waals surface area contributed by atoms with Crippen molar-refractivity contribution in [2.45, 2.75) is 13.0 Å². The van der Waals surface area contributed by atoms with Gasteiger partial charge in [-0.2, -0.15) is 5.21 Å². The number of amides is 1. The molecule has 70 valence electrons. The summed E-state index contributed by atoms with van der Waals surface area (Å²) >= 11 is 0. The van der Waals surface area contributed by atoms with Gasteiger partial charge in [0.05, 0.1) is 0 Å². The zero-order valence-electron chi connectivity index (χ0n) is 6.68. The first kappa shape index (κ1) is 9.10. The van der Waals surface area contributed by atoms with Crippen molar-refractivity contribution in [3.8, 4) is 0 Å². The van der Waals surface area contributed by atoms with Crippen molar-refractivity contribution in [1.29, 1.82) is 0 Å². The molecule has 0 aliphatic carbocycles. The van der Waals surface area contributed by atoms with Crippen LogP contribution in [0.5, 0.6) is 0 Å². The fourth-order valence-electron chi connectivity index (χ4n) is 0.581. The zero-order valence-corrected chi connectivity index (χ0v) is 6.68. The van der Waals surface area contributed by atoms with Crippen LogP contribution in [0.1, 0.15) is 17.5 Å². The molecule has 13 heavy (non-hydrogen) atoms. The number of hydrogen-bond acceptors (Lipinski definition) is 5. The van der Waals surface area contributed by atoms with Gasteiger partial charge < -0.3 is 10.4 Å². The normalized spacial score (nSPS) is 12.1. The Morgan fingerprint density at radius 2 is 2.31 bits per heavy atom. The van der Waals surface area contributed by atoms with E-state index in [0.29, 0.717) is 0 Å². The third-order valence-electron chi connectivity index (χ3n) is 1.27. The van der Waals surface area contributed by atoms with Crippen LogP contribution in [-0.2, 0) is 4.79 Å². The summed E-state index contributed by atoms with van der Waals surface area (Å²) in [4.78, 5) is 21.4. The molecule has 1 atom stereocenters. The van der Waals surface area contributed by atoms with Crippen LogP contribution in [0.4, 0.5) is 0 Å². The average molecular weight is 185 g/mol. The maximum Gasteiger partial charge on any atom is 0.325 e. The lowest BCUT2D eigenvalue weighted by molar-refractivity contribution is -0.138. The molecule has 0 bridgehead atoms. The summed E-state index contributed by atoms with van der Waals surface area (Å²) in [5, 5.41) is 22.6. The van der Waals surface area contributed by atoms with Gasteiger partial charge in [0, 0.05) is 0 Å². The summed E-state index contributed by atoms with van der Waals surface area (Å²) in [6.07, 6.45) is 0. The number of carbonyl (C=O) groups is 2. The molecule has 1 unspecified atom stereocenters. The molecule has 0 saturated heterocycles. The molecule has 0 aromatic carbocycles. The van der Waals surface area contributed by atoms with Crippen LogP contribution >= 0.6 is 0 Å². The molecule has 1 aromatic heterocycles. The number of H-pyrrole nitrogens is 1. The first-order valence-electron chi connectivity index (χ1n) is 3.38. The predicted octanol–water partition coefficient (Wildman–Crippen LogP) is -1.60. The minimum Gasteiger partial charge on any atom is -0.480 e. The molecule has 1 rings (SSSR count). The van der Waals surface area contributed by atoms with Crippen LogP contribution in [0.3, 0.4) is 0 Å². The number of carboxylic acids is 1. The van der Waals surface area contributed by atoms with Gasteiger partial charge >= 0.3 is 5.97 Å². The minimum atomic E-state index is -1.13. The van der Waals surface area contributed by atoms with Crippen LogP contribution in [0.15, 0.2) is 0 Å². The average Bonchev–Trinajstić information content (AvgIpc) is 2.55. The number of tetrazole rings is 1. The third kappa shape index (κ3) is 2.22. The Balaban J connectivity index is 2.56. The van der Waals surface area contributed by atoms with Crippen LogP contribution in [0.25, 0.3) is 0 Å². The Labute approximate surface area is 72.3 Å². The van der Waals surface area contributed by atoms with Gasteiger partial charge in [0.2, 0.25) is 0 Å². The molecule has 0 spiro atoms. The Bertz CT molecular complexity index is 308. The summed E-state index contributed by atoms with van der Waals surface area (Å²) in [6, 6.07) is -0.981. The van der Waals surface area contributed by atoms with Crippen molar-refractivity contribution < 1.29 is 14.7 Å². The molecule has 0 aliphatic heterocycles. The third-order valence-corrected chi connectivity index (χ3v) is 1.27. The van der Waals surface area contributed by atoms with Gasteiger partial charge in [0.15, 0.2) is 0 Å². The number of nitrogens with zero attached hydrogens (tertiary/aromatic N) is 3. The van der Waals surface area contributed by atoms with E-state index in [2.05, 4.69) is 25.9 Å². The Morgan fingerprint density at radius 3 is 2.77 bits per heavy atom. The van der Waals surface area contributed by atoms with Crippen LogP contribution in [0.2, 0.25) is 0 Å². The molecular formula is C5H7N5O3. The molecule has 0 saturated carbocycles. The van der Waals surface area contributed by atoms with Gasteiger partial charge in [0.1, 0.15) is 6.04 Å². The second-order valence-electron chi connectivity index (χ2n) is 2.27. The summed E-state index contributed by atoms with van der Waals surface area (Å²) < 4.78 is 0. The number of carboxylic acid groups (broad SMARTS) is 1. The second kappa shape index (κ2) is 3.61. The Morgan fingerprint density at radius 1 is 1.62 bits per heavy atom.